The topological polar surface area (TPSA) is 274 Å². The summed E-state index contributed by atoms with van der Waals surface area (Å²) in [5, 5.41) is 31.6. The van der Waals surface area contributed by atoms with Crippen molar-refractivity contribution in [2.75, 3.05) is 62.2 Å². The number of methoxy groups -OCH3 is 2. The number of ether oxygens (including phenoxy) is 7. The molecule has 7 rings (SSSR count). The average Bonchev–Trinajstić information content (AvgIpc) is 4.08. The van der Waals surface area contributed by atoms with E-state index in [2.05, 4.69) is 29.1 Å². The van der Waals surface area contributed by atoms with E-state index in [4.69, 9.17) is 33.2 Å². The van der Waals surface area contributed by atoms with Gasteiger partial charge in [0.2, 0.25) is 11.8 Å². The summed E-state index contributed by atoms with van der Waals surface area (Å²) in [5.74, 6) is -1.68. The van der Waals surface area contributed by atoms with Crippen molar-refractivity contribution < 1.29 is 76.9 Å². The highest BCUT2D eigenvalue weighted by Gasteiger charge is 2.51. The van der Waals surface area contributed by atoms with Crippen LogP contribution in [0.2, 0.25) is 0 Å². The Labute approximate surface area is 465 Å². The molecule has 5 N–H and O–H groups in total. The molecule has 0 saturated carbocycles. The standard InChI is InChI=1S/C57H73N7O16/c1-13-19-78-53(71)60-46(31(2)3)48(66)58-33(5)47(65)59-35-17-15-34(16-18-35)29-79-54(72)63-38-25-44(42(74-11)23-36(38)49(67)61-28-32(4)22-40(61)51(63)69)76-20-14-21-77-45-26-39-37(24-43(45)75-12)50(68)62-30-57(9,10)27-41(62)52(70)64(39)55(73)80-56(6,7)8/h13,15-18,23-26,31,33,40-41,46,51-52,69-70H,1,4,14,19-22,27-30H2,2-3,5-12H3,(H,58,66)(H,59,65)(H,60,71)/t33-,40-,41-,46?,51-,52-/m0/s1. The number of anilines is 3. The SMILES string of the molecule is C=CCOC(=O)NC(C(=O)N[C@@H](C)C(=O)Nc1ccc(COC(=O)N2c3cc(OCCCOc4cc5c(cc4OC)C(=O)N4CC(C)(C)C[C@H]4[C@H](O)N5C(=O)OC(C)(C)C)c(OC)cc3C(=O)N3CC(=C)C[C@H]3[C@@H]2O)cc1)C(C)C. The third-order valence-corrected chi connectivity index (χ3v) is 13.8. The molecule has 0 bridgehead atoms. The van der Waals surface area contributed by atoms with E-state index < -0.39 is 78.2 Å². The largest absolute Gasteiger partial charge is 0.493 e. The molecule has 0 aromatic heterocycles. The Morgan fingerprint density at radius 2 is 1.34 bits per heavy atom. The molecular weight excluding hydrogens is 1040 g/mol. The number of carbonyl (C=O) groups is 7. The van der Waals surface area contributed by atoms with Crippen LogP contribution in [0, 0.1) is 11.3 Å². The molecule has 0 radical (unpaired) electrons. The molecule has 80 heavy (non-hydrogen) atoms. The van der Waals surface area contributed by atoms with Gasteiger partial charge in [0.05, 0.1) is 62.0 Å². The van der Waals surface area contributed by atoms with Gasteiger partial charge >= 0.3 is 18.3 Å². The first-order valence-corrected chi connectivity index (χ1v) is 26.3. The summed E-state index contributed by atoms with van der Waals surface area (Å²) in [6, 6.07) is 8.61. The molecule has 0 aliphatic carbocycles. The highest BCUT2D eigenvalue weighted by atomic mass is 16.6. The number of carbonyl (C=O) groups excluding carboxylic acids is 7. The van der Waals surface area contributed by atoms with Crippen molar-refractivity contribution in [1.29, 1.82) is 0 Å². The molecule has 432 valence electrons. The predicted octanol–water partition coefficient (Wildman–Crippen LogP) is 6.49. The van der Waals surface area contributed by atoms with Gasteiger partial charge < -0.3 is 69.1 Å². The molecule has 7 amide bonds. The fraction of sp³-hybridized carbons (Fsp3) is 0.491. The lowest BCUT2D eigenvalue weighted by atomic mass is 9.90. The van der Waals surface area contributed by atoms with Crippen LogP contribution in [0.15, 0.2) is 73.3 Å². The van der Waals surface area contributed by atoms with E-state index in [0.29, 0.717) is 29.8 Å². The van der Waals surface area contributed by atoms with Crippen molar-refractivity contribution in [3.63, 3.8) is 0 Å². The minimum Gasteiger partial charge on any atom is -0.493 e. The number of amides is 7. The number of nitrogens with zero attached hydrogens (tertiary/aromatic N) is 4. The number of hydrogen-bond donors (Lipinski definition) is 5. The van der Waals surface area contributed by atoms with Gasteiger partial charge in [-0.3, -0.25) is 19.2 Å². The first-order chi connectivity index (χ1) is 37.8. The molecule has 0 spiro atoms. The van der Waals surface area contributed by atoms with Crippen LogP contribution in [0.25, 0.3) is 0 Å². The molecule has 4 aliphatic rings. The molecule has 3 aromatic carbocycles. The number of nitrogens with one attached hydrogen (secondary N) is 3. The van der Waals surface area contributed by atoms with Crippen LogP contribution >= 0.6 is 0 Å². The Morgan fingerprint density at radius 3 is 1.89 bits per heavy atom. The molecule has 4 aliphatic heterocycles. The van der Waals surface area contributed by atoms with Gasteiger partial charge in [-0.15, -0.1) is 0 Å². The first-order valence-electron chi connectivity index (χ1n) is 26.3. The lowest BCUT2D eigenvalue weighted by Crippen LogP contribution is -2.53. The maximum absolute atomic E-state index is 14.2. The van der Waals surface area contributed by atoms with Crippen molar-refractivity contribution in [1.82, 2.24) is 20.4 Å². The molecular formula is C57H73N7O16. The zero-order chi connectivity index (χ0) is 58.5. The van der Waals surface area contributed by atoms with E-state index in [0.717, 1.165) is 9.80 Å². The molecule has 2 fully saturated rings. The lowest BCUT2D eigenvalue weighted by molar-refractivity contribution is -0.128. The van der Waals surface area contributed by atoms with Gasteiger partial charge in [0.15, 0.2) is 35.5 Å². The van der Waals surface area contributed by atoms with Crippen LogP contribution in [-0.4, -0.2) is 151 Å². The van der Waals surface area contributed by atoms with Gasteiger partial charge in [-0.05, 0) is 81.7 Å². The van der Waals surface area contributed by atoms with Crippen LogP contribution in [-0.2, 0) is 30.4 Å². The molecule has 6 atom stereocenters. The van der Waals surface area contributed by atoms with Crippen molar-refractivity contribution in [2.45, 2.75) is 123 Å². The van der Waals surface area contributed by atoms with E-state index in [1.54, 1.807) is 63.8 Å². The minimum atomic E-state index is -1.58. The first kappa shape index (κ1) is 59.6. The van der Waals surface area contributed by atoms with E-state index in [9.17, 15) is 43.8 Å². The number of aliphatic hydroxyl groups excluding tert-OH is 2. The number of aliphatic hydroxyl groups is 2. The zero-order valence-corrected chi connectivity index (χ0v) is 46.9. The predicted molar refractivity (Wildman–Crippen MR) is 293 cm³/mol. The zero-order valence-electron chi connectivity index (χ0n) is 46.9. The summed E-state index contributed by atoms with van der Waals surface area (Å²) >= 11 is 0. The van der Waals surface area contributed by atoms with Gasteiger partial charge in [0.25, 0.3) is 11.8 Å². The maximum atomic E-state index is 14.2. The number of rotatable bonds is 18. The summed E-state index contributed by atoms with van der Waals surface area (Å²) in [5.41, 5.74) is 0.522. The second kappa shape index (κ2) is 24.5. The van der Waals surface area contributed by atoms with Crippen LogP contribution in [0.3, 0.4) is 0 Å². The van der Waals surface area contributed by atoms with Gasteiger partial charge in [-0.25, -0.2) is 24.2 Å². The summed E-state index contributed by atoms with van der Waals surface area (Å²) in [6.45, 7) is 21.8. The second-order valence-corrected chi connectivity index (χ2v) is 22.2. The molecule has 2 saturated heterocycles. The fourth-order valence-electron chi connectivity index (χ4n) is 9.95. The van der Waals surface area contributed by atoms with E-state index in [1.807, 2.05) is 13.8 Å². The maximum Gasteiger partial charge on any atom is 0.417 e. The third-order valence-electron chi connectivity index (χ3n) is 13.8. The van der Waals surface area contributed by atoms with Crippen molar-refractivity contribution in [3.8, 4) is 23.0 Å². The fourth-order valence-corrected chi connectivity index (χ4v) is 9.95. The molecule has 3 aromatic rings. The van der Waals surface area contributed by atoms with Crippen LogP contribution < -0.4 is 44.7 Å². The molecule has 4 heterocycles. The Balaban J connectivity index is 1.04. The van der Waals surface area contributed by atoms with Crippen LogP contribution in [0.1, 0.15) is 101 Å². The molecule has 23 nitrogen and oxygen atoms in total. The second-order valence-electron chi connectivity index (χ2n) is 22.2. The van der Waals surface area contributed by atoms with Crippen molar-refractivity contribution in [2.24, 2.45) is 11.3 Å². The number of alkyl carbamates (subject to hydrolysis) is 1. The van der Waals surface area contributed by atoms with E-state index >= 15 is 0 Å². The Morgan fingerprint density at radius 1 is 0.775 bits per heavy atom. The van der Waals surface area contributed by atoms with Crippen LogP contribution in [0.5, 0.6) is 23.0 Å². The normalized spacial score (nSPS) is 19.9. The quantitative estimate of drug-likeness (QED) is 0.0517. The highest BCUT2D eigenvalue weighted by Crippen LogP contribution is 2.46. The summed E-state index contributed by atoms with van der Waals surface area (Å²) in [4.78, 5) is 99.9. The van der Waals surface area contributed by atoms with E-state index in [1.165, 1.54) is 56.4 Å². The number of hydrogen-bond acceptors (Lipinski definition) is 16. The van der Waals surface area contributed by atoms with Gasteiger partial charge in [-0.1, -0.05) is 64.6 Å². The number of fused-ring (bicyclic) bond motifs is 4. The van der Waals surface area contributed by atoms with Gasteiger partial charge in [0.1, 0.15) is 30.9 Å². The van der Waals surface area contributed by atoms with Crippen LogP contribution in [0.4, 0.5) is 31.4 Å². The van der Waals surface area contributed by atoms with E-state index in [-0.39, 0.29) is 109 Å². The molecule has 23 heteroatoms. The molecule has 1 unspecified atom stereocenters. The van der Waals surface area contributed by atoms with Crippen molar-refractivity contribution >= 4 is 59.0 Å². The highest BCUT2D eigenvalue weighted by molar-refractivity contribution is 6.07. The lowest BCUT2D eigenvalue weighted by Gasteiger charge is -2.33. The Hall–Kier alpha value is -8.05. The monoisotopic (exact) mass is 1110 g/mol. The van der Waals surface area contributed by atoms with Gasteiger partial charge in [-0.2, -0.15) is 0 Å². The van der Waals surface area contributed by atoms with Gasteiger partial charge in [0, 0.05) is 37.3 Å². The Kier molecular flexibility index (Phi) is 18.3. The summed E-state index contributed by atoms with van der Waals surface area (Å²) < 4.78 is 40.2. The number of benzene rings is 3. The Bertz CT molecular complexity index is 2880. The minimum absolute atomic E-state index is 0.000362. The average molecular weight is 1110 g/mol. The smallest absolute Gasteiger partial charge is 0.417 e. The third kappa shape index (κ3) is 13.3. The van der Waals surface area contributed by atoms with Crippen molar-refractivity contribution in [3.05, 3.63) is 90.0 Å². The summed E-state index contributed by atoms with van der Waals surface area (Å²) in [7, 11) is 2.81. The summed E-state index contributed by atoms with van der Waals surface area (Å²) in [6.07, 6.45) is -3.39.